The van der Waals surface area contributed by atoms with Gasteiger partial charge in [-0.2, -0.15) is 4.57 Å². The Morgan fingerprint density at radius 2 is 1.70 bits per heavy atom. The van der Waals surface area contributed by atoms with Gasteiger partial charge in [0, 0.05) is 12.6 Å². The average Bonchev–Trinajstić information content (AvgIpc) is 3.11. The molecule has 0 N–H and O–H groups in total. The van der Waals surface area contributed by atoms with E-state index in [1.54, 1.807) is 0 Å². The van der Waals surface area contributed by atoms with Crippen LogP contribution in [0.1, 0.15) is 13.8 Å². The van der Waals surface area contributed by atoms with Gasteiger partial charge >= 0.3 is 5.63 Å². The van der Waals surface area contributed by atoms with Crippen LogP contribution >= 0.6 is 8.20 Å². The Labute approximate surface area is 135 Å². The molecule has 0 aliphatic rings. The summed E-state index contributed by atoms with van der Waals surface area (Å²) in [4.78, 5) is 0. The molecule has 5 heteroatoms. The van der Waals surface area contributed by atoms with Crippen LogP contribution in [-0.4, -0.2) is 4.57 Å². The van der Waals surface area contributed by atoms with Crippen LogP contribution in [0.5, 0.6) is 0 Å². The van der Waals surface area contributed by atoms with E-state index in [1.807, 2.05) is 36.4 Å². The molecule has 0 saturated carbocycles. The fourth-order valence-corrected chi connectivity index (χ4v) is 4.10. The van der Waals surface area contributed by atoms with E-state index in [0.29, 0.717) is 0 Å². The van der Waals surface area contributed by atoms with Crippen molar-refractivity contribution in [3.8, 4) is 0 Å². The van der Waals surface area contributed by atoms with Crippen molar-refractivity contribution in [1.82, 2.24) is 4.57 Å². The molecule has 2 heterocycles. The molecular formula is C18H18N2O2P+. The van der Waals surface area contributed by atoms with Gasteiger partial charge in [-0.3, -0.25) is 0 Å². The minimum Gasteiger partial charge on any atom is -0.434 e. The highest BCUT2D eigenvalue weighted by atomic mass is 31.1. The molecule has 2 aromatic heterocycles. The Kier molecular flexibility index (Phi) is 3.55. The number of rotatable bonds is 3. The van der Waals surface area contributed by atoms with Crippen molar-refractivity contribution < 1.29 is 13.4 Å². The third-order valence-electron chi connectivity index (χ3n) is 4.00. The zero-order valence-corrected chi connectivity index (χ0v) is 14.1. The van der Waals surface area contributed by atoms with Gasteiger partial charge in [-0.1, -0.05) is 24.3 Å². The van der Waals surface area contributed by atoms with Gasteiger partial charge in [0.1, 0.15) is 8.20 Å². The fraction of sp³-hybridized carbons (Fsp3) is 0.222. The number of para-hydroxylation sites is 4. The van der Waals surface area contributed by atoms with E-state index < -0.39 is 0 Å². The number of nitrogens with zero attached hydrogens (tertiary/aromatic N) is 2. The zero-order valence-electron chi connectivity index (χ0n) is 13.2. The second-order valence-corrected chi connectivity index (χ2v) is 6.29. The zero-order chi connectivity index (χ0) is 15.8. The summed E-state index contributed by atoms with van der Waals surface area (Å²) in [6.07, 6.45) is 0. The van der Waals surface area contributed by atoms with Crippen LogP contribution in [0, 0.1) is 5.27 Å². The van der Waals surface area contributed by atoms with E-state index in [0.717, 1.165) is 54.4 Å². The van der Waals surface area contributed by atoms with Gasteiger partial charge in [-0.25, -0.2) is 0 Å². The van der Waals surface area contributed by atoms with Gasteiger partial charge in [0.15, 0.2) is 12.1 Å². The molecule has 0 fully saturated rings. The van der Waals surface area contributed by atoms with Crippen molar-refractivity contribution in [1.29, 1.82) is 0 Å². The lowest BCUT2D eigenvalue weighted by Crippen LogP contribution is -2.42. The molecule has 0 aliphatic carbocycles. The summed E-state index contributed by atoms with van der Waals surface area (Å²) < 4.78 is 16.5. The first-order valence-corrected chi connectivity index (χ1v) is 8.75. The number of hydrogen-bond donors (Lipinski definition) is 0. The average molecular weight is 325 g/mol. The molecule has 0 saturated heterocycles. The quantitative estimate of drug-likeness (QED) is 0.420. The molecule has 23 heavy (non-hydrogen) atoms. The third-order valence-corrected chi connectivity index (χ3v) is 5.05. The summed E-state index contributed by atoms with van der Waals surface area (Å²) in [6.45, 7) is 6.00. The van der Waals surface area contributed by atoms with Crippen LogP contribution < -0.4 is 10.2 Å². The summed E-state index contributed by atoms with van der Waals surface area (Å²) in [5.41, 5.74) is 4.97. The van der Waals surface area contributed by atoms with Crippen molar-refractivity contribution in [2.75, 3.05) is 0 Å². The molecule has 0 spiro atoms. The van der Waals surface area contributed by atoms with E-state index in [4.69, 9.17) is 8.83 Å². The molecule has 2 aromatic carbocycles. The van der Waals surface area contributed by atoms with Crippen molar-refractivity contribution in [3.63, 3.8) is 0 Å². The van der Waals surface area contributed by atoms with Crippen LogP contribution in [0.4, 0.5) is 0 Å². The highest BCUT2D eigenvalue weighted by molar-refractivity contribution is 7.37. The van der Waals surface area contributed by atoms with Crippen molar-refractivity contribution in [2.45, 2.75) is 26.9 Å². The summed E-state index contributed by atoms with van der Waals surface area (Å²) in [5.74, 6) is 0. The highest BCUT2D eigenvalue weighted by Crippen LogP contribution is 2.21. The Bertz CT molecular complexity index is 1060. The first-order valence-electron chi connectivity index (χ1n) is 7.86. The van der Waals surface area contributed by atoms with E-state index in [9.17, 15) is 0 Å². The number of aromatic nitrogens is 2. The molecule has 0 atom stereocenters. The minimum absolute atomic E-state index is 0.867. The minimum atomic E-state index is 0.867. The van der Waals surface area contributed by atoms with Gasteiger partial charge in [0.05, 0.1) is 5.52 Å². The first-order chi connectivity index (χ1) is 11.3. The molecule has 0 bridgehead atoms. The predicted octanol–water partition coefficient (Wildman–Crippen LogP) is 4.11. The van der Waals surface area contributed by atoms with E-state index in [-0.39, 0.29) is 0 Å². The van der Waals surface area contributed by atoms with Gasteiger partial charge in [0.2, 0.25) is 10.8 Å². The maximum atomic E-state index is 6.07. The Morgan fingerprint density at radius 1 is 0.957 bits per heavy atom. The van der Waals surface area contributed by atoms with Crippen molar-refractivity contribution in [3.05, 3.63) is 53.8 Å². The lowest BCUT2D eigenvalue weighted by atomic mass is 10.3. The van der Waals surface area contributed by atoms with Gasteiger partial charge in [0.25, 0.3) is 5.52 Å². The van der Waals surface area contributed by atoms with Crippen molar-refractivity contribution in [2.24, 2.45) is 0 Å². The molecule has 4 aromatic rings. The van der Waals surface area contributed by atoms with E-state index in [1.165, 1.54) is 0 Å². The second-order valence-electron chi connectivity index (χ2n) is 5.31. The Morgan fingerprint density at radius 3 is 2.48 bits per heavy atom. The summed E-state index contributed by atoms with van der Waals surface area (Å²) in [7, 11) is 0.941. The van der Waals surface area contributed by atoms with Gasteiger partial charge < -0.3 is 13.4 Å². The van der Waals surface area contributed by atoms with E-state index >= 15 is 0 Å². The van der Waals surface area contributed by atoms with Crippen molar-refractivity contribution >= 4 is 36.0 Å². The van der Waals surface area contributed by atoms with E-state index in [2.05, 4.69) is 35.1 Å². The Hall–Kier alpha value is -2.32. The monoisotopic (exact) mass is 325 g/mol. The molecular weight excluding hydrogens is 307 g/mol. The Balaban J connectivity index is 2.01. The van der Waals surface area contributed by atoms with Crippen LogP contribution in [0.15, 0.2) is 57.4 Å². The number of hydrogen-bond acceptors (Lipinski definition) is 2. The third kappa shape index (κ3) is 2.30. The molecule has 116 valence electrons. The SMILES string of the molecule is CCn1c(=Pc2oc3ccccc3[n+]2CC)oc2ccccc21. The topological polar surface area (TPSA) is 35.1 Å². The molecule has 0 amide bonds. The highest BCUT2D eigenvalue weighted by Gasteiger charge is 2.20. The number of fused-ring (bicyclic) bond motifs is 2. The van der Waals surface area contributed by atoms with Gasteiger partial charge in [-0.15, -0.1) is 0 Å². The maximum absolute atomic E-state index is 6.07. The maximum Gasteiger partial charge on any atom is 0.404 e. The number of aryl methyl sites for hydroxylation is 2. The van der Waals surface area contributed by atoms with Crippen LogP contribution in [0.25, 0.3) is 22.2 Å². The van der Waals surface area contributed by atoms with Crippen LogP contribution in [-0.2, 0) is 13.1 Å². The molecule has 4 rings (SSSR count). The molecule has 0 radical (unpaired) electrons. The lowest BCUT2D eigenvalue weighted by Gasteiger charge is -1.96. The fourth-order valence-electron chi connectivity index (χ4n) is 2.91. The standard InChI is InChI=1S/C18H18N2O2P/c1-3-19-13-9-5-7-11-15(13)21-17(19)23-18-20(4-2)14-10-6-8-12-16(14)22-18/h5-12H,3-4H2,1-2H3/q+1. The normalized spacial score (nSPS) is 12.5. The molecule has 4 nitrogen and oxygen atoms in total. The lowest BCUT2D eigenvalue weighted by molar-refractivity contribution is -0.652. The second kappa shape index (κ2) is 5.71. The van der Waals surface area contributed by atoms with Crippen LogP contribution in [0.2, 0.25) is 0 Å². The smallest absolute Gasteiger partial charge is 0.404 e. The molecule has 0 unspecified atom stereocenters. The summed E-state index contributed by atoms with van der Waals surface area (Å²) in [6, 6.07) is 16.3. The number of oxazole rings is 2. The molecule has 0 aliphatic heterocycles. The van der Waals surface area contributed by atoms with Gasteiger partial charge in [-0.05, 0) is 32.0 Å². The summed E-state index contributed by atoms with van der Waals surface area (Å²) in [5, 5.41) is 0.898. The number of benzene rings is 2. The predicted molar refractivity (Wildman–Crippen MR) is 91.8 cm³/mol. The largest absolute Gasteiger partial charge is 0.434 e. The summed E-state index contributed by atoms with van der Waals surface area (Å²) >= 11 is 0. The van der Waals surface area contributed by atoms with Crippen LogP contribution in [0.3, 0.4) is 0 Å². The first kappa shape index (κ1) is 14.3.